The van der Waals surface area contributed by atoms with Crippen molar-refractivity contribution < 1.29 is 50.5 Å². The van der Waals surface area contributed by atoms with E-state index in [9.17, 15) is 46.2 Å². The van der Waals surface area contributed by atoms with E-state index in [1.54, 1.807) is 28.7 Å². The fourth-order valence-corrected chi connectivity index (χ4v) is 6.71. The number of nitrogens with one attached hydrogen (secondary N) is 1. The van der Waals surface area contributed by atoms with Crippen LogP contribution in [0.4, 0.5) is 20.2 Å². The molecule has 0 aromatic heterocycles. The standard InChI is InChI=1S/C18H11F2I3N2O10S/c1-7(26)24-15-11(22)5-10(21)13(14(15)23)17(28)35-8-2-3-12(25(29)30)9(4-8)16(27)34-6-18(19,20)36(31,32)33/h2-5H,6H2,1H3,(H,24,26)(H,31,32,33)/p-1. The molecule has 2 rings (SSSR count). The number of carbonyl (C=O) groups excluding carboxylic acids is 3. The van der Waals surface area contributed by atoms with Crippen molar-refractivity contribution in [1.82, 2.24) is 0 Å². The van der Waals surface area contributed by atoms with Gasteiger partial charge in [-0.1, -0.05) is 0 Å². The van der Waals surface area contributed by atoms with Crippen LogP contribution in [0.1, 0.15) is 27.6 Å². The summed E-state index contributed by atoms with van der Waals surface area (Å²) in [5, 5.41) is 8.85. The summed E-state index contributed by atoms with van der Waals surface area (Å²) in [5.41, 5.74) is -1.53. The van der Waals surface area contributed by atoms with Crippen LogP contribution in [0.5, 0.6) is 5.75 Å². The molecule has 1 N–H and O–H groups in total. The normalized spacial score (nSPS) is 11.5. The molecule has 0 aliphatic rings. The summed E-state index contributed by atoms with van der Waals surface area (Å²) in [6.07, 6.45) is 0. The Morgan fingerprint density at radius 2 is 1.72 bits per heavy atom. The van der Waals surface area contributed by atoms with Crippen molar-refractivity contribution in [3.8, 4) is 5.75 Å². The number of hydrogen-bond acceptors (Lipinski definition) is 10. The largest absolute Gasteiger partial charge is 0.743 e. The third kappa shape index (κ3) is 7.16. The highest BCUT2D eigenvalue weighted by molar-refractivity contribution is 14.1. The van der Waals surface area contributed by atoms with Crippen LogP contribution in [0.2, 0.25) is 0 Å². The van der Waals surface area contributed by atoms with Crippen molar-refractivity contribution in [3.63, 3.8) is 0 Å². The maximum absolute atomic E-state index is 13.3. The van der Waals surface area contributed by atoms with Crippen molar-refractivity contribution in [3.05, 3.63) is 56.2 Å². The van der Waals surface area contributed by atoms with E-state index < -0.39 is 61.7 Å². The van der Waals surface area contributed by atoms with Crippen LogP contribution in [0.25, 0.3) is 0 Å². The predicted molar refractivity (Wildman–Crippen MR) is 142 cm³/mol. The number of amides is 1. The quantitative estimate of drug-likeness (QED) is 0.102. The molecule has 0 atom stereocenters. The van der Waals surface area contributed by atoms with Crippen molar-refractivity contribution in [2.45, 2.75) is 12.2 Å². The molecule has 0 saturated heterocycles. The molecule has 36 heavy (non-hydrogen) atoms. The molecule has 194 valence electrons. The van der Waals surface area contributed by atoms with Gasteiger partial charge in [0.2, 0.25) is 5.91 Å². The Balaban J connectivity index is 2.42. The Bertz CT molecular complexity index is 1390. The average molecular weight is 865 g/mol. The van der Waals surface area contributed by atoms with E-state index in [1.165, 1.54) is 6.92 Å². The van der Waals surface area contributed by atoms with Gasteiger partial charge >= 0.3 is 17.2 Å². The number of halogens is 5. The number of anilines is 1. The first kappa shape index (κ1) is 30.4. The van der Waals surface area contributed by atoms with Gasteiger partial charge in [0, 0.05) is 26.2 Å². The lowest BCUT2D eigenvalue weighted by Crippen LogP contribution is -2.34. The van der Waals surface area contributed by atoms with E-state index in [1.807, 2.05) is 45.2 Å². The zero-order valence-corrected chi connectivity index (χ0v) is 24.6. The second-order valence-electron chi connectivity index (χ2n) is 6.58. The van der Waals surface area contributed by atoms with Crippen LogP contribution in [-0.4, -0.2) is 47.6 Å². The second kappa shape index (κ2) is 11.7. The fourth-order valence-electron chi connectivity index (χ4n) is 2.43. The van der Waals surface area contributed by atoms with Crippen molar-refractivity contribution in [2.75, 3.05) is 11.9 Å². The third-order valence-electron chi connectivity index (χ3n) is 4.01. The third-order valence-corrected chi connectivity index (χ3v) is 7.64. The molecule has 0 bridgehead atoms. The van der Waals surface area contributed by atoms with Crippen molar-refractivity contribution in [2.24, 2.45) is 0 Å². The van der Waals surface area contributed by atoms with Crippen LogP contribution in [-0.2, 0) is 19.6 Å². The molecule has 0 aliphatic heterocycles. The van der Waals surface area contributed by atoms with Gasteiger partial charge in [0.15, 0.2) is 16.7 Å². The number of carbonyl (C=O) groups is 3. The lowest BCUT2D eigenvalue weighted by Gasteiger charge is -2.19. The fraction of sp³-hybridized carbons (Fsp3) is 0.167. The molecule has 0 spiro atoms. The molecule has 2 aromatic carbocycles. The minimum Gasteiger partial charge on any atom is -0.743 e. The summed E-state index contributed by atoms with van der Waals surface area (Å²) in [4.78, 5) is 46.8. The average Bonchev–Trinajstić information content (AvgIpc) is 2.73. The number of nitrogens with zero attached hydrogens (tertiary/aromatic N) is 1. The molecule has 0 heterocycles. The van der Waals surface area contributed by atoms with Gasteiger partial charge in [0.05, 0.1) is 19.7 Å². The van der Waals surface area contributed by atoms with Gasteiger partial charge in [-0.25, -0.2) is 18.0 Å². The summed E-state index contributed by atoms with van der Waals surface area (Å²) in [7, 11) is -6.18. The lowest BCUT2D eigenvalue weighted by atomic mass is 10.1. The smallest absolute Gasteiger partial charge is 0.367 e. The summed E-state index contributed by atoms with van der Waals surface area (Å²) < 4.78 is 68.9. The van der Waals surface area contributed by atoms with Gasteiger partial charge in [-0.05, 0) is 79.9 Å². The van der Waals surface area contributed by atoms with Crippen LogP contribution in [0.3, 0.4) is 0 Å². The SMILES string of the molecule is CC(=O)Nc1c(I)cc(I)c(C(=O)Oc2ccc([N+](=O)[O-])c(C(=O)OCC(F)(F)S(=O)(=O)[O-])c2)c1I. The second-order valence-corrected chi connectivity index (χ2v) is 11.5. The highest BCUT2D eigenvalue weighted by Gasteiger charge is 2.40. The first-order valence-electron chi connectivity index (χ1n) is 8.92. The number of esters is 2. The highest BCUT2D eigenvalue weighted by Crippen LogP contribution is 2.33. The highest BCUT2D eigenvalue weighted by atomic mass is 127. The number of benzene rings is 2. The summed E-state index contributed by atoms with van der Waals surface area (Å²) >= 11 is 5.59. The van der Waals surface area contributed by atoms with Gasteiger partial charge < -0.3 is 19.3 Å². The molecule has 0 aliphatic carbocycles. The Kier molecular flexibility index (Phi) is 9.91. The van der Waals surface area contributed by atoms with Gasteiger partial charge in [-0.3, -0.25) is 14.9 Å². The van der Waals surface area contributed by atoms with E-state index in [0.717, 1.165) is 12.1 Å². The van der Waals surface area contributed by atoms with E-state index >= 15 is 0 Å². The minimum atomic E-state index is -6.18. The zero-order valence-electron chi connectivity index (χ0n) is 17.3. The summed E-state index contributed by atoms with van der Waals surface area (Å²) in [6.45, 7) is -0.925. The minimum absolute atomic E-state index is 0.0168. The van der Waals surface area contributed by atoms with E-state index in [-0.39, 0.29) is 5.56 Å². The molecule has 0 saturated carbocycles. The first-order chi connectivity index (χ1) is 16.5. The van der Waals surface area contributed by atoms with Crippen LogP contribution < -0.4 is 10.1 Å². The molecule has 2 aromatic rings. The van der Waals surface area contributed by atoms with E-state index in [4.69, 9.17) is 4.74 Å². The Morgan fingerprint density at radius 1 is 1.11 bits per heavy atom. The molecule has 1 amide bonds. The van der Waals surface area contributed by atoms with Gasteiger partial charge in [-0.2, -0.15) is 8.78 Å². The Labute approximate surface area is 241 Å². The Morgan fingerprint density at radius 3 is 2.25 bits per heavy atom. The topological polar surface area (TPSA) is 182 Å². The maximum Gasteiger partial charge on any atom is 0.367 e. The van der Waals surface area contributed by atoms with E-state index in [2.05, 4.69) is 10.1 Å². The molecule has 0 radical (unpaired) electrons. The lowest BCUT2D eigenvalue weighted by molar-refractivity contribution is -0.385. The van der Waals surface area contributed by atoms with Gasteiger partial charge in [0.1, 0.15) is 11.3 Å². The number of alkyl halides is 2. The number of ether oxygens (including phenoxy) is 2. The molecular formula is C18H10F2I3N2O10S-. The van der Waals surface area contributed by atoms with Crippen molar-refractivity contribution >= 4 is 107 Å². The maximum atomic E-state index is 13.3. The summed E-state index contributed by atoms with van der Waals surface area (Å²) in [5.74, 6) is -3.58. The van der Waals surface area contributed by atoms with Crippen molar-refractivity contribution in [1.29, 1.82) is 0 Å². The van der Waals surface area contributed by atoms with E-state index in [0.29, 0.717) is 22.5 Å². The monoisotopic (exact) mass is 865 g/mol. The number of rotatable bonds is 8. The molecule has 0 fully saturated rings. The zero-order chi connectivity index (χ0) is 27.6. The molecular weight excluding hydrogens is 855 g/mol. The van der Waals surface area contributed by atoms with Gasteiger partial charge in [-0.15, -0.1) is 0 Å². The number of nitro groups is 1. The number of nitro benzene ring substituents is 1. The number of hydrogen-bond donors (Lipinski definition) is 1. The summed E-state index contributed by atoms with van der Waals surface area (Å²) in [6, 6.07) is 3.91. The predicted octanol–water partition coefficient (Wildman–Crippen LogP) is 3.88. The molecule has 18 heteroatoms. The molecule has 12 nitrogen and oxygen atoms in total. The van der Waals surface area contributed by atoms with Crippen LogP contribution in [0, 0.1) is 20.8 Å². The van der Waals surface area contributed by atoms with Crippen LogP contribution >= 0.6 is 67.8 Å². The Hall–Kier alpha value is -1.79. The van der Waals surface area contributed by atoms with Gasteiger partial charge in [0.25, 0.3) is 5.69 Å². The van der Waals surface area contributed by atoms with Crippen LogP contribution in [0.15, 0.2) is 24.3 Å². The molecule has 0 unspecified atom stereocenters. The first-order valence-corrected chi connectivity index (χ1v) is 13.6.